The van der Waals surface area contributed by atoms with Crippen molar-refractivity contribution in [3.8, 4) is 5.75 Å². The molecule has 0 aliphatic heterocycles. The highest BCUT2D eigenvalue weighted by atomic mass is 16.5. The topological polar surface area (TPSA) is 111 Å². The van der Waals surface area contributed by atoms with Crippen molar-refractivity contribution in [3.63, 3.8) is 0 Å². The molecule has 0 unspecified atom stereocenters. The first kappa shape index (κ1) is 21.6. The van der Waals surface area contributed by atoms with Gasteiger partial charge in [-0.3, -0.25) is 19.2 Å². The molecule has 8 nitrogen and oxygen atoms in total. The molecule has 2 aromatic rings. The standard InChI is InChI=1S/C21H22N2O6/c1-13(24)15-6-4-8-17(10-15)23-20(26)14(2)29-19(25)12-22-21(27)16-7-5-9-18(11-16)28-3/h4-11,14H,12H2,1-3H3,(H,22,27)(H,23,26)/t14-/m1/s1. The Kier molecular flexibility index (Phi) is 7.47. The quantitative estimate of drug-likeness (QED) is 0.521. The van der Waals surface area contributed by atoms with E-state index in [2.05, 4.69) is 10.6 Å². The van der Waals surface area contributed by atoms with E-state index in [1.54, 1.807) is 36.4 Å². The lowest BCUT2D eigenvalue weighted by Gasteiger charge is -2.14. The van der Waals surface area contributed by atoms with Crippen LogP contribution in [0.1, 0.15) is 34.6 Å². The van der Waals surface area contributed by atoms with E-state index in [4.69, 9.17) is 9.47 Å². The number of hydrogen-bond acceptors (Lipinski definition) is 6. The molecule has 2 N–H and O–H groups in total. The van der Waals surface area contributed by atoms with Crippen LogP contribution in [0.4, 0.5) is 5.69 Å². The van der Waals surface area contributed by atoms with Gasteiger partial charge in [0, 0.05) is 16.8 Å². The Morgan fingerprint density at radius 2 is 1.69 bits per heavy atom. The van der Waals surface area contributed by atoms with Gasteiger partial charge in [-0.1, -0.05) is 18.2 Å². The molecule has 0 bridgehead atoms. The van der Waals surface area contributed by atoms with Crippen molar-refractivity contribution in [2.75, 3.05) is 19.0 Å². The summed E-state index contributed by atoms with van der Waals surface area (Å²) in [5.74, 6) is -1.41. The van der Waals surface area contributed by atoms with Gasteiger partial charge in [-0.2, -0.15) is 0 Å². The summed E-state index contributed by atoms with van der Waals surface area (Å²) >= 11 is 0. The molecule has 0 fully saturated rings. The van der Waals surface area contributed by atoms with Crippen LogP contribution in [-0.2, 0) is 14.3 Å². The number of amides is 2. The zero-order chi connectivity index (χ0) is 21.4. The van der Waals surface area contributed by atoms with E-state index in [1.165, 1.54) is 33.1 Å². The van der Waals surface area contributed by atoms with Gasteiger partial charge in [0.15, 0.2) is 11.9 Å². The lowest BCUT2D eigenvalue weighted by atomic mass is 10.1. The summed E-state index contributed by atoms with van der Waals surface area (Å²) < 4.78 is 10.1. The average molecular weight is 398 g/mol. The van der Waals surface area contributed by atoms with Gasteiger partial charge in [0.05, 0.1) is 7.11 Å². The summed E-state index contributed by atoms with van der Waals surface area (Å²) in [6, 6.07) is 12.9. The number of Topliss-reactive ketones (excluding diaryl/α,β-unsaturated/α-hetero) is 1. The molecule has 0 aliphatic carbocycles. The second-order valence-corrected chi connectivity index (χ2v) is 6.17. The van der Waals surface area contributed by atoms with E-state index in [9.17, 15) is 19.2 Å². The predicted octanol–water partition coefficient (Wildman–Crippen LogP) is 2.20. The molecule has 2 rings (SSSR count). The summed E-state index contributed by atoms with van der Waals surface area (Å²) in [7, 11) is 1.48. The highest BCUT2D eigenvalue weighted by Crippen LogP contribution is 2.13. The van der Waals surface area contributed by atoms with Gasteiger partial charge in [0.1, 0.15) is 12.3 Å². The van der Waals surface area contributed by atoms with Crippen molar-refractivity contribution in [3.05, 3.63) is 59.7 Å². The Hall–Kier alpha value is -3.68. The Balaban J connectivity index is 1.84. The van der Waals surface area contributed by atoms with Gasteiger partial charge in [-0.05, 0) is 44.2 Å². The molecule has 1 atom stereocenters. The van der Waals surface area contributed by atoms with Gasteiger partial charge in [-0.25, -0.2) is 0 Å². The van der Waals surface area contributed by atoms with Crippen LogP contribution in [0.25, 0.3) is 0 Å². The molecule has 0 radical (unpaired) electrons. The van der Waals surface area contributed by atoms with Crippen molar-refractivity contribution >= 4 is 29.3 Å². The number of hydrogen-bond donors (Lipinski definition) is 2. The van der Waals surface area contributed by atoms with E-state index in [0.29, 0.717) is 22.6 Å². The SMILES string of the molecule is COc1cccc(C(=O)NCC(=O)O[C@H](C)C(=O)Nc2cccc(C(C)=O)c2)c1. The van der Waals surface area contributed by atoms with E-state index >= 15 is 0 Å². The van der Waals surface area contributed by atoms with Crippen LogP contribution in [0.15, 0.2) is 48.5 Å². The fraction of sp³-hybridized carbons (Fsp3) is 0.238. The van der Waals surface area contributed by atoms with Gasteiger partial charge in [0.25, 0.3) is 11.8 Å². The molecule has 2 aromatic carbocycles. The maximum Gasteiger partial charge on any atom is 0.326 e. The van der Waals surface area contributed by atoms with Crippen LogP contribution in [0.5, 0.6) is 5.75 Å². The number of carbonyl (C=O) groups is 4. The average Bonchev–Trinajstić information content (AvgIpc) is 2.72. The fourth-order valence-electron chi connectivity index (χ4n) is 2.37. The lowest BCUT2D eigenvalue weighted by molar-refractivity contribution is -0.152. The third-order valence-electron chi connectivity index (χ3n) is 3.94. The first-order valence-electron chi connectivity index (χ1n) is 8.83. The molecule has 0 heterocycles. The molecular weight excluding hydrogens is 376 g/mol. The lowest BCUT2D eigenvalue weighted by Crippen LogP contribution is -2.35. The van der Waals surface area contributed by atoms with E-state index < -0.39 is 30.4 Å². The minimum atomic E-state index is -1.09. The summed E-state index contributed by atoms with van der Waals surface area (Å²) in [5, 5.41) is 5.00. The van der Waals surface area contributed by atoms with Crippen LogP contribution in [0.2, 0.25) is 0 Å². The fourth-order valence-corrected chi connectivity index (χ4v) is 2.37. The van der Waals surface area contributed by atoms with Crippen molar-refractivity contribution < 1.29 is 28.7 Å². The number of benzene rings is 2. The third-order valence-corrected chi connectivity index (χ3v) is 3.94. The van der Waals surface area contributed by atoms with Crippen LogP contribution in [0, 0.1) is 0 Å². The summed E-state index contributed by atoms with van der Waals surface area (Å²) in [4.78, 5) is 47.6. The Morgan fingerprint density at radius 1 is 1.00 bits per heavy atom. The number of anilines is 1. The molecule has 0 saturated carbocycles. The van der Waals surface area contributed by atoms with E-state index in [1.807, 2.05) is 0 Å². The number of esters is 1. The smallest absolute Gasteiger partial charge is 0.326 e. The Bertz CT molecular complexity index is 925. The van der Waals surface area contributed by atoms with Crippen molar-refractivity contribution in [1.29, 1.82) is 0 Å². The molecule has 0 saturated heterocycles. The molecule has 8 heteroatoms. The minimum Gasteiger partial charge on any atom is -0.497 e. The van der Waals surface area contributed by atoms with Crippen LogP contribution < -0.4 is 15.4 Å². The summed E-state index contributed by atoms with van der Waals surface area (Å²) in [5.41, 5.74) is 1.19. The van der Waals surface area contributed by atoms with Crippen molar-refractivity contribution in [2.45, 2.75) is 20.0 Å². The molecular formula is C21H22N2O6. The van der Waals surface area contributed by atoms with Gasteiger partial charge in [-0.15, -0.1) is 0 Å². The number of methoxy groups -OCH3 is 1. The van der Waals surface area contributed by atoms with Crippen LogP contribution in [-0.4, -0.2) is 43.3 Å². The highest BCUT2D eigenvalue weighted by molar-refractivity contribution is 5.99. The number of ketones is 1. The van der Waals surface area contributed by atoms with Gasteiger partial charge >= 0.3 is 5.97 Å². The zero-order valence-corrected chi connectivity index (χ0v) is 16.4. The third kappa shape index (κ3) is 6.46. The second kappa shape index (κ2) is 10.0. The monoisotopic (exact) mass is 398 g/mol. The van der Waals surface area contributed by atoms with Crippen LogP contribution in [0.3, 0.4) is 0 Å². The zero-order valence-electron chi connectivity index (χ0n) is 16.4. The number of ether oxygens (including phenoxy) is 2. The first-order chi connectivity index (χ1) is 13.8. The first-order valence-corrected chi connectivity index (χ1v) is 8.83. The molecule has 2 amide bonds. The highest BCUT2D eigenvalue weighted by Gasteiger charge is 2.19. The largest absolute Gasteiger partial charge is 0.497 e. The summed E-state index contributed by atoms with van der Waals surface area (Å²) in [6.45, 7) is 2.44. The van der Waals surface area contributed by atoms with Gasteiger partial charge in [0.2, 0.25) is 0 Å². The Morgan fingerprint density at radius 3 is 2.38 bits per heavy atom. The van der Waals surface area contributed by atoms with Crippen molar-refractivity contribution in [2.24, 2.45) is 0 Å². The minimum absolute atomic E-state index is 0.132. The summed E-state index contributed by atoms with van der Waals surface area (Å²) in [6.07, 6.45) is -1.09. The predicted molar refractivity (Wildman–Crippen MR) is 106 cm³/mol. The molecule has 0 aliphatic rings. The van der Waals surface area contributed by atoms with Crippen LogP contribution >= 0.6 is 0 Å². The maximum atomic E-state index is 12.2. The Labute approximate surface area is 168 Å². The maximum absolute atomic E-state index is 12.2. The number of carbonyl (C=O) groups excluding carboxylic acids is 4. The molecule has 29 heavy (non-hydrogen) atoms. The van der Waals surface area contributed by atoms with E-state index in [0.717, 1.165) is 0 Å². The normalized spacial score (nSPS) is 11.1. The van der Waals surface area contributed by atoms with E-state index in [-0.39, 0.29) is 5.78 Å². The second-order valence-electron chi connectivity index (χ2n) is 6.17. The number of nitrogens with one attached hydrogen (secondary N) is 2. The molecule has 152 valence electrons. The molecule has 0 aromatic heterocycles. The molecule has 0 spiro atoms. The number of rotatable bonds is 8. The van der Waals surface area contributed by atoms with Crippen molar-refractivity contribution in [1.82, 2.24) is 5.32 Å². The van der Waals surface area contributed by atoms with Gasteiger partial charge < -0.3 is 20.1 Å².